The molecule has 1 aromatic heterocycles. The Labute approximate surface area is 162 Å². The SMILES string of the molecule is COc1ccc(NC(=O)c2nnc(C(=O)NC3CCCCCCC3)s2)cc1. The van der Waals surface area contributed by atoms with Gasteiger partial charge in [0, 0.05) is 11.7 Å². The van der Waals surface area contributed by atoms with Gasteiger partial charge in [-0.15, -0.1) is 10.2 Å². The largest absolute Gasteiger partial charge is 0.497 e. The molecule has 1 aromatic carbocycles. The predicted octanol–water partition coefficient (Wildman–Crippen LogP) is 3.64. The van der Waals surface area contributed by atoms with Crippen molar-refractivity contribution in [3.05, 3.63) is 34.3 Å². The van der Waals surface area contributed by atoms with Gasteiger partial charge in [0.1, 0.15) is 5.75 Å². The lowest BCUT2D eigenvalue weighted by Crippen LogP contribution is -2.35. The Morgan fingerprint density at radius 1 is 0.963 bits per heavy atom. The van der Waals surface area contributed by atoms with Crippen molar-refractivity contribution < 1.29 is 14.3 Å². The van der Waals surface area contributed by atoms with Gasteiger partial charge >= 0.3 is 0 Å². The summed E-state index contributed by atoms with van der Waals surface area (Å²) in [6.07, 6.45) is 7.99. The Morgan fingerprint density at radius 2 is 1.56 bits per heavy atom. The number of nitrogens with one attached hydrogen (secondary N) is 2. The van der Waals surface area contributed by atoms with Gasteiger partial charge in [-0.25, -0.2) is 0 Å². The van der Waals surface area contributed by atoms with E-state index in [0.717, 1.165) is 37.0 Å². The number of methoxy groups -OCH3 is 1. The number of hydrogen-bond acceptors (Lipinski definition) is 6. The van der Waals surface area contributed by atoms with E-state index in [0.29, 0.717) is 11.4 Å². The number of nitrogens with zero attached hydrogens (tertiary/aromatic N) is 2. The molecule has 0 saturated heterocycles. The Bertz CT molecular complexity index is 768. The molecular formula is C19H24N4O3S. The lowest BCUT2D eigenvalue weighted by molar-refractivity contribution is 0.0928. The zero-order valence-corrected chi connectivity index (χ0v) is 16.2. The second-order valence-electron chi connectivity index (χ2n) is 6.61. The van der Waals surface area contributed by atoms with Crippen LogP contribution in [0, 0.1) is 0 Å². The lowest BCUT2D eigenvalue weighted by atomic mass is 9.97. The average Bonchev–Trinajstić information content (AvgIpc) is 3.15. The van der Waals surface area contributed by atoms with Crippen molar-refractivity contribution in [1.82, 2.24) is 15.5 Å². The second-order valence-corrected chi connectivity index (χ2v) is 7.59. The first kappa shape index (κ1) is 19.3. The summed E-state index contributed by atoms with van der Waals surface area (Å²) in [7, 11) is 1.58. The fourth-order valence-electron chi connectivity index (χ4n) is 3.11. The third kappa shape index (κ3) is 5.50. The van der Waals surface area contributed by atoms with Gasteiger partial charge in [-0.3, -0.25) is 9.59 Å². The highest BCUT2D eigenvalue weighted by atomic mass is 32.1. The van der Waals surface area contributed by atoms with E-state index in [1.165, 1.54) is 19.3 Å². The Hall–Kier alpha value is -2.48. The molecule has 0 radical (unpaired) electrons. The fraction of sp³-hybridized carbons (Fsp3) is 0.474. The fourth-order valence-corrected chi connectivity index (χ4v) is 3.76. The molecule has 1 fully saturated rings. The number of carbonyl (C=O) groups excluding carboxylic acids is 2. The van der Waals surface area contributed by atoms with Gasteiger partial charge < -0.3 is 15.4 Å². The highest BCUT2D eigenvalue weighted by molar-refractivity contribution is 7.15. The minimum absolute atomic E-state index is 0.161. The van der Waals surface area contributed by atoms with Crippen molar-refractivity contribution in [2.75, 3.05) is 12.4 Å². The van der Waals surface area contributed by atoms with Gasteiger partial charge in [0.25, 0.3) is 11.8 Å². The summed E-state index contributed by atoms with van der Waals surface area (Å²) in [5.74, 6) is 0.0707. The van der Waals surface area contributed by atoms with Crippen LogP contribution in [0.5, 0.6) is 5.75 Å². The molecule has 0 bridgehead atoms. The number of carbonyl (C=O) groups is 2. The molecule has 0 unspecified atom stereocenters. The maximum absolute atomic E-state index is 12.4. The molecule has 1 saturated carbocycles. The molecule has 27 heavy (non-hydrogen) atoms. The van der Waals surface area contributed by atoms with E-state index in [-0.39, 0.29) is 27.9 Å². The molecule has 8 heteroatoms. The first-order chi connectivity index (χ1) is 13.2. The smallest absolute Gasteiger partial charge is 0.286 e. The van der Waals surface area contributed by atoms with Crippen molar-refractivity contribution in [1.29, 1.82) is 0 Å². The Kier molecular flexibility index (Phi) is 6.75. The van der Waals surface area contributed by atoms with Crippen molar-refractivity contribution in [3.8, 4) is 5.75 Å². The molecule has 1 heterocycles. The van der Waals surface area contributed by atoms with Crippen LogP contribution in [0.25, 0.3) is 0 Å². The van der Waals surface area contributed by atoms with Crippen LogP contribution in [0.15, 0.2) is 24.3 Å². The third-order valence-corrected chi connectivity index (χ3v) is 5.52. The number of anilines is 1. The molecule has 1 aliphatic rings. The van der Waals surface area contributed by atoms with Gasteiger partial charge in [0.05, 0.1) is 7.11 Å². The first-order valence-corrected chi connectivity index (χ1v) is 10.1. The molecule has 0 atom stereocenters. The number of aromatic nitrogens is 2. The van der Waals surface area contributed by atoms with Crippen LogP contribution < -0.4 is 15.4 Å². The van der Waals surface area contributed by atoms with E-state index in [2.05, 4.69) is 20.8 Å². The predicted molar refractivity (Wildman–Crippen MR) is 104 cm³/mol. The number of hydrogen-bond donors (Lipinski definition) is 2. The van der Waals surface area contributed by atoms with E-state index in [4.69, 9.17) is 4.74 Å². The first-order valence-electron chi connectivity index (χ1n) is 9.25. The Morgan fingerprint density at radius 3 is 2.19 bits per heavy atom. The van der Waals surface area contributed by atoms with E-state index < -0.39 is 0 Å². The van der Waals surface area contributed by atoms with Gasteiger partial charge in [-0.2, -0.15) is 0 Å². The lowest BCUT2D eigenvalue weighted by Gasteiger charge is -2.20. The zero-order valence-electron chi connectivity index (χ0n) is 15.4. The van der Waals surface area contributed by atoms with Crippen LogP contribution in [0.2, 0.25) is 0 Å². The van der Waals surface area contributed by atoms with Gasteiger partial charge in [-0.1, -0.05) is 43.4 Å². The van der Waals surface area contributed by atoms with Gasteiger partial charge in [0.15, 0.2) is 0 Å². The summed E-state index contributed by atoms with van der Waals surface area (Å²) in [4.78, 5) is 24.7. The van der Waals surface area contributed by atoms with Crippen LogP contribution in [0.4, 0.5) is 5.69 Å². The summed E-state index contributed by atoms with van der Waals surface area (Å²) in [5, 5.41) is 13.9. The molecule has 3 rings (SSSR count). The zero-order chi connectivity index (χ0) is 19.1. The van der Waals surface area contributed by atoms with E-state index in [1.54, 1.807) is 31.4 Å². The average molecular weight is 388 g/mol. The maximum atomic E-state index is 12.4. The molecule has 2 amide bonds. The number of benzene rings is 1. The molecule has 144 valence electrons. The summed E-state index contributed by atoms with van der Waals surface area (Å²) in [5.41, 5.74) is 0.622. The van der Waals surface area contributed by atoms with E-state index in [9.17, 15) is 9.59 Å². The van der Waals surface area contributed by atoms with Crippen molar-refractivity contribution in [2.24, 2.45) is 0 Å². The van der Waals surface area contributed by atoms with E-state index in [1.807, 2.05) is 0 Å². The molecule has 2 aromatic rings. The quantitative estimate of drug-likeness (QED) is 0.816. The van der Waals surface area contributed by atoms with Crippen molar-refractivity contribution >= 4 is 28.8 Å². The highest BCUT2D eigenvalue weighted by Gasteiger charge is 2.20. The molecule has 7 nitrogen and oxygen atoms in total. The van der Waals surface area contributed by atoms with Gasteiger partial charge in [-0.05, 0) is 37.1 Å². The molecule has 0 aliphatic heterocycles. The normalized spacial score (nSPS) is 15.4. The Balaban J connectivity index is 1.57. The maximum Gasteiger partial charge on any atom is 0.286 e. The summed E-state index contributed by atoms with van der Waals surface area (Å²) >= 11 is 1.00. The van der Waals surface area contributed by atoms with Crippen LogP contribution in [0.1, 0.15) is 64.6 Å². The highest BCUT2D eigenvalue weighted by Crippen LogP contribution is 2.19. The molecule has 1 aliphatic carbocycles. The monoisotopic (exact) mass is 388 g/mol. The van der Waals surface area contributed by atoms with Gasteiger partial charge in [0.2, 0.25) is 10.0 Å². The number of ether oxygens (including phenoxy) is 1. The molecule has 2 N–H and O–H groups in total. The standard InChI is InChI=1S/C19H24N4O3S/c1-26-15-11-9-14(10-12-15)21-17(25)19-23-22-18(27-19)16(24)20-13-7-5-3-2-4-6-8-13/h9-13H,2-8H2,1H3,(H,20,24)(H,21,25). The van der Waals surface area contributed by atoms with Crippen LogP contribution in [-0.2, 0) is 0 Å². The molecular weight excluding hydrogens is 364 g/mol. The van der Waals surface area contributed by atoms with Crippen LogP contribution >= 0.6 is 11.3 Å². The second kappa shape index (κ2) is 9.45. The molecule has 0 spiro atoms. The van der Waals surface area contributed by atoms with Crippen LogP contribution in [-0.4, -0.2) is 35.2 Å². The minimum Gasteiger partial charge on any atom is -0.497 e. The van der Waals surface area contributed by atoms with Crippen LogP contribution in [0.3, 0.4) is 0 Å². The van der Waals surface area contributed by atoms with Crippen molar-refractivity contribution in [2.45, 2.75) is 51.0 Å². The third-order valence-electron chi connectivity index (χ3n) is 4.60. The topological polar surface area (TPSA) is 93.2 Å². The number of rotatable bonds is 5. The number of amides is 2. The summed E-state index contributed by atoms with van der Waals surface area (Å²) < 4.78 is 5.09. The summed E-state index contributed by atoms with van der Waals surface area (Å²) in [6.45, 7) is 0. The van der Waals surface area contributed by atoms with E-state index >= 15 is 0 Å². The van der Waals surface area contributed by atoms with Crippen molar-refractivity contribution in [3.63, 3.8) is 0 Å². The summed E-state index contributed by atoms with van der Waals surface area (Å²) in [6, 6.07) is 7.16. The minimum atomic E-state index is -0.386.